The van der Waals surface area contributed by atoms with Crippen molar-refractivity contribution >= 4 is 22.8 Å². The van der Waals surface area contributed by atoms with Gasteiger partial charge in [0.05, 0.1) is 18.6 Å². The lowest BCUT2D eigenvalue weighted by atomic mass is 9.76. The summed E-state index contributed by atoms with van der Waals surface area (Å²) in [5, 5.41) is 3.15. The molecule has 3 fully saturated rings. The fourth-order valence-electron chi connectivity index (χ4n) is 6.25. The van der Waals surface area contributed by atoms with Crippen LogP contribution in [0.2, 0.25) is 0 Å². The minimum Gasteiger partial charge on any atom is -0.496 e. The molecule has 2 aliphatic carbocycles. The van der Waals surface area contributed by atoms with E-state index in [1.54, 1.807) is 33.1 Å². The Morgan fingerprint density at radius 2 is 1.74 bits per heavy atom. The van der Waals surface area contributed by atoms with Crippen LogP contribution in [0.3, 0.4) is 0 Å². The third kappa shape index (κ3) is 7.66. The predicted octanol–water partition coefficient (Wildman–Crippen LogP) is 5.84. The first-order valence-electron chi connectivity index (χ1n) is 15.4. The van der Waals surface area contributed by atoms with E-state index < -0.39 is 16.4 Å². The van der Waals surface area contributed by atoms with Gasteiger partial charge in [-0.1, -0.05) is 38.5 Å². The van der Waals surface area contributed by atoms with Gasteiger partial charge in [-0.3, -0.25) is 19.2 Å². The summed E-state index contributed by atoms with van der Waals surface area (Å²) in [6.07, 6.45) is 9.09. The smallest absolute Gasteiger partial charge is 0.241 e. The van der Waals surface area contributed by atoms with Gasteiger partial charge in [-0.2, -0.15) is 0 Å². The Balaban J connectivity index is 0.000000237. The lowest BCUT2D eigenvalue weighted by Crippen LogP contribution is -2.47. The number of amides is 2. The lowest BCUT2D eigenvalue weighted by Gasteiger charge is -2.29. The van der Waals surface area contributed by atoms with Gasteiger partial charge in [-0.05, 0) is 106 Å². The third-order valence-electron chi connectivity index (χ3n) is 9.29. The number of ether oxygens (including phenoxy) is 1. The molecule has 2 saturated carbocycles. The van der Waals surface area contributed by atoms with E-state index in [0.717, 1.165) is 54.5 Å². The van der Waals surface area contributed by atoms with E-state index in [-0.39, 0.29) is 35.0 Å². The highest BCUT2D eigenvalue weighted by molar-refractivity contribution is 7.82. The maximum absolute atomic E-state index is 14.7. The highest BCUT2D eigenvalue weighted by atomic mass is 32.2. The molecule has 0 bridgehead atoms. The summed E-state index contributed by atoms with van der Waals surface area (Å²) in [7, 11) is 2.19. The van der Waals surface area contributed by atoms with E-state index in [4.69, 9.17) is 4.74 Å². The fourth-order valence-corrected chi connectivity index (χ4v) is 6.77. The molecule has 9 heteroatoms. The molecule has 1 aliphatic heterocycles. The topological polar surface area (TPSA) is 87.7 Å². The number of benzene rings is 2. The molecule has 2 N–H and O–H groups in total. The number of hydrogen-bond acceptors (Lipinski definition) is 5. The van der Waals surface area contributed by atoms with Crippen LogP contribution in [0.5, 0.6) is 5.75 Å². The van der Waals surface area contributed by atoms with E-state index in [1.165, 1.54) is 31.6 Å². The van der Waals surface area contributed by atoms with Crippen molar-refractivity contribution in [3.05, 3.63) is 53.3 Å². The summed E-state index contributed by atoms with van der Waals surface area (Å²) in [6.45, 7) is 9.05. The summed E-state index contributed by atoms with van der Waals surface area (Å²) in [4.78, 5) is 26.7. The zero-order chi connectivity index (χ0) is 31.5. The van der Waals surface area contributed by atoms with Crippen LogP contribution < -0.4 is 14.8 Å². The van der Waals surface area contributed by atoms with Crippen molar-refractivity contribution in [3.63, 3.8) is 0 Å². The molecule has 2 aromatic carbocycles. The molecule has 2 amide bonds. The van der Waals surface area contributed by atoms with Crippen molar-refractivity contribution in [2.45, 2.75) is 96.1 Å². The Bertz CT molecular complexity index is 1350. The number of halogens is 1. The van der Waals surface area contributed by atoms with Crippen LogP contribution in [0.15, 0.2) is 36.4 Å². The van der Waals surface area contributed by atoms with Crippen LogP contribution in [-0.4, -0.2) is 60.0 Å². The Kier molecular flexibility index (Phi) is 10.4. The molecule has 236 valence electrons. The number of carbonyl (C=O) groups excluding carboxylic acids is 2. The van der Waals surface area contributed by atoms with Crippen molar-refractivity contribution in [2.24, 2.45) is 5.41 Å². The molecule has 1 saturated heterocycles. The van der Waals surface area contributed by atoms with Gasteiger partial charge >= 0.3 is 0 Å². The van der Waals surface area contributed by atoms with Crippen LogP contribution in [0.25, 0.3) is 11.1 Å². The summed E-state index contributed by atoms with van der Waals surface area (Å²) >= 11 is 0. The van der Waals surface area contributed by atoms with Crippen molar-refractivity contribution in [1.82, 2.24) is 14.9 Å². The molecule has 0 radical (unpaired) electrons. The van der Waals surface area contributed by atoms with Crippen molar-refractivity contribution in [3.8, 4) is 16.9 Å². The number of rotatable bonds is 8. The van der Waals surface area contributed by atoms with Crippen LogP contribution >= 0.6 is 0 Å². The van der Waals surface area contributed by atoms with E-state index in [9.17, 15) is 18.2 Å². The zero-order valence-electron chi connectivity index (χ0n) is 26.7. The Labute approximate surface area is 258 Å². The first-order chi connectivity index (χ1) is 20.2. The minimum atomic E-state index is -1.44. The van der Waals surface area contributed by atoms with E-state index in [2.05, 4.69) is 35.8 Å². The highest BCUT2D eigenvalue weighted by Crippen LogP contribution is 2.45. The first-order valence-corrected chi connectivity index (χ1v) is 16.9. The van der Waals surface area contributed by atoms with Gasteiger partial charge in [0.2, 0.25) is 11.8 Å². The lowest BCUT2D eigenvalue weighted by molar-refractivity contribution is -0.126. The van der Waals surface area contributed by atoms with Crippen LogP contribution in [0.1, 0.15) is 89.7 Å². The number of hydrogen-bond donors (Lipinski definition) is 2. The summed E-state index contributed by atoms with van der Waals surface area (Å²) in [6, 6.07) is 11.2. The average molecular weight is 614 g/mol. The van der Waals surface area contributed by atoms with Gasteiger partial charge in [0.15, 0.2) is 0 Å². The van der Waals surface area contributed by atoms with Gasteiger partial charge in [0.25, 0.3) is 0 Å². The number of likely N-dealkylation sites (N-methyl/N-ethyl adjacent to an activating group) is 1. The number of nitrogens with zero attached hydrogens (tertiary/aromatic N) is 1. The molecule has 2 aromatic rings. The van der Waals surface area contributed by atoms with Crippen LogP contribution in [0, 0.1) is 11.2 Å². The first kappa shape index (κ1) is 33.1. The second kappa shape index (κ2) is 13.5. The predicted molar refractivity (Wildman–Crippen MR) is 171 cm³/mol. The second-order valence-electron chi connectivity index (χ2n) is 13.7. The Morgan fingerprint density at radius 3 is 2.26 bits per heavy atom. The number of methoxy groups -OCH3 is 1. The fraction of sp³-hybridized carbons (Fsp3) is 0.588. The maximum Gasteiger partial charge on any atom is 0.241 e. The highest BCUT2D eigenvalue weighted by Gasteiger charge is 2.40. The van der Waals surface area contributed by atoms with Gasteiger partial charge in [0, 0.05) is 24.4 Å². The van der Waals surface area contributed by atoms with Crippen molar-refractivity contribution in [1.29, 1.82) is 0 Å². The van der Waals surface area contributed by atoms with Gasteiger partial charge < -0.3 is 10.1 Å². The van der Waals surface area contributed by atoms with E-state index in [1.807, 2.05) is 18.2 Å². The zero-order valence-corrected chi connectivity index (χ0v) is 27.5. The molecule has 2 atom stereocenters. The number of nitrogens with one attached hydrogen (secondary N) is 2. The summed E-state index contributed by atoms with van der Waals surface area (Å²) < 4.78 is 34.2. The number of carbonyl (C=O) groups is 2. The van der Waals surface area contributed by atoms with Crippen molar-refractivity contribution < 1.29 is 22.9 Å². The van der Waals surface area contributed by atoms with Gasteiger partial charge in [-0.25, -0.2) is 8.60 Å². The molecule has 1 heterocycles. The van der Waals surface area contributed by atoms with E-state index >= 15 is 0 Å². The molecule has 43 heavy (non-hydrogen) atoms. The summed E-state index contributed by atoms with van der Waals surface area (Å²) in [5.74, 6) is 0.553. The number of likely N-dealkylation sites (tertiary alicyclic amines) is 1. The van der Waals surface area contributed by atoms with Crippen LogP contribution in [0.4, 0.5) is 4.39 Å². The Hall–Kier alpha value is -2.78. The standard InChI is InChI=1S/C22H26FNO3S.C12H22N2O/c1-22(2,21(25)24-28(4)26)15-11-12-19(27-3)17(13-15)16-9-6-10-18(23)20(16)14-7-5-8-14;1-12(2)7-10(14(3)8-12)11(15)13-9-5-4-6-9/h6,9-14H,5,7-8H2,1-4H3,(H,24,25);9-10H,4-8H2,1-3H3,(H,13,15). The molecular formula is C34H48FN3O4S. The molecule has 5 rings (SSSR count). The molecule has 2 unspecified atom stereocenters. The van der Waals surface area contributed by atoms with Crippen LogP contribution in [-0.2, 0) is 26.0 Å². The molecule has 7 nitrogen and oxygen atoms in total. The molecule has 3 aliphatic rings. The summed E-state index contributed by atoms with van der Waals surface area (Å²) in [5.41, 5.74) is 2.42. The molecular weight excluding hydrogens is 565 g/mol. The van der Waals surface area contributed by atoms with Gasteiger partial charge in [0.1, 0.15) is 22.6 Å². The maximum atomic E-state index is 14.7. The SMILES string of the molecule is CN1CC(C)(C)CC1C(=O)NC1CCC1.COc1ccc(C(C)(C)C(=O)NS(C)=O)cc1-c1cccc(F)c1C1CCC1. The van der Waals surface area contributed by atoms with Crippen molar-refractivity contribution in [2.75, 3.05) is 27.0 Å². The largest absolute Gasteiger partial charge is 0.496 e. The van der Waals surface area contributed by atoms with Gasteiger partial charge in [-0.15, -0.1) is 0 Å². The quantitative estimate of drug-likeness (QED) is 0.391. The molecule has 0 spiro atoms. The molecule has 0 aromatic heterocycles. The monoisotopic (exact) mass is 613 g/mol. The minimum absolute atomic E-state index is 0.0978. The second-order valence-corrected chi connectivity index (χ2v) is 14.8. The average Bonchev–Trinajstić information content (AvgIpc) is 3.17. The third-order valence-corrected chi connectivity index (χ3v) is 9.76. The van der Waals surface area contributed by atoms with E-state index in [0.29, 0.717) is 11.8 Å². The normalized spacial score (nSPS) is 21.1. The Morgan fingerprint density at radius 1 is 1.07 bits per heavy atom.